The number of nitrogens with one attached hydrogen (secondary N) is 2. The van der Waals surface area contributed by atoms with E-state index in [0.29, 0.717) is 10.7 Å². The Labute approximate surface area is 173 Å². The third-order valence-electron chi connectivity index (χ3n) is 3.68. The topological polar surface area (TPSA) is 97.1 Å². The molecule has 0 radical (unpaired) electrons. The van der Waals surface area contributed by atoms with Gasteiger partial charge in [-0.15, -0.1) is 0 Å². The average molecular weight is 466 g/mol. The number of imidazole rings is 1. The van der Waals surface area contributed by atoms with Crippen molar-refractivity contribution < 1.29 is 31.1 Å². The molecule has 2 heterocycles. The molecule has 1 aromatic carbocycles. The number of anilines is 3. The number of aryl methyl sites for hydroxylation is 1. The van der Waals surface area contributed by atoms with Gasteiger partial charge in [0.05, 0.1) is 6.33 Å². The van der Waals surface area contributed by atoms with E-state index in [1.54, 1.807) is 29.7 Å². The third-order valence-corrected chi connectivity index (χ3v) is 3.93. The highest BCUT2D eigenvalue weighted by molar-refractivity contribution is 6.44. The molecule has 2 N–H and O–H groups in total. The summed E-state index contributed by atoms with van der Waals surface area (Å²) in [6, 6.07) is 6.27. The zero-order chi connectivity index (χ0) is 23.0. The van der Waals surface area contributed by atoms with Crippen LogP contribution in [0.15, 0.2) is 35.7 Å². The molecule has 0 aliphatic heterocycles. The first kappa shape index (κ1) is 22.3. The van der Waals surface area contributed by atoms with Gasteiger partial charge in [-0.3, -0.25) is 4.79 Å². The molecule has 0 unspecified atom stereocenters. The second-order valence-corrected chi connectivity index (χ2v) is 6.39. The van der Waals surface area contributed by atoms with Crippen molar-refractivity contribution in [1.82, 2.24) is 19.5 Å². The number of halogens is 7. The van der Waals surface area contributed by atoms with Crippen molar-refractivity contribution in [3.8, 4) is 0 Å². The normalized spacial score (nSPS) is 12.8. The zero-order valence-electron chi connectivity index (χ0n) is 15.2. The molecule has 0 atom stereocenters. The Bertz CT molecular complexity index is 1150. The second-order valence-electron chi connectivity index (χ2n) is 5.95. The van der Waals surface area contributed by atoms with Crippen molar-refractivity contribution in [2.24, 2.45) is 12.1 Å². The molecule has 3 rings (SSSR count). The summed E-state index contributed by atoms with van der Waals surface area (Å²) in [5.74, 6) is -3.75. The van der Waals surface area contributed by atoms with E-state index < -0.39 is 29.8 Å². The molecule has 0 amide bonds. The van der Waals surface area contributed by atoms with Crippen LogP contribution in [-0.2, 0) is 11.8 Å². The Morgan fingerprint density at radius 1 is 1.06 bits per heavy atom. The quantitative estimate of drug-likeness (QED) is 0.333. The van der Waals surface area contributed by atoms with Crippen LogP contribution < -0.4 is 10.7 Å². The maximum atomic E-state index is 12.9. The molecular weight excluding hydrogens is 456 g/mol. The lowest BCUT2D eigenvalue weighted by atomic mass is 10.2. The minimum Gasteiger partial charge on any atom is -0.338 e. The predicted octanol–water partition coefficient (Wildman–Crippen LogP) is 4.22. The number of aromatic nitrogens is 4. The minimum absolute atomic E-state index is 0.0151. The van der Waals surface area contributed by atoms with Crippen molar-refractivity contribution in [2.75, 3.05) is 10.7 Å². The summed E-state index contributed by atoms with van der Waals surface area (Å²) in [5.41, 5.74) is -0.201. The Morgan fingerprint density at radius 3 is 2.29 bits per heavy atom. The van der Waals surface area contributed by atoms with E-state index >= 15 is 0 Å². The first-order chi connectivity index (χ1) is 14.4. The van der Waals surface area contributed by atoms with Gasteiger partial charge in [0.25, 0.3) is 5.78 Å². The molecule has 31 heavy (non-hydrogen) atoms. The van der Waals surface area contributed by atoms with Crippen molar-refractivity contribution in [3.63, 3.8) is 0 Å². The van der Waals surface area contributed by atoms with Crippen LogP contribution in [0.1, 0.15) is 0 Å². The highest BCUT2D eigenvalue weighted by atomic mass is 35.5. The SMILES string of the molecule is Cn1cnc2c(Nc3ccc(Cl)cc3)nc(NN=C(C(=O)C(F)(F)F)C(F)(F)F)nc21. The number of nitrogens with zero attached hydrogens (tertiary/aromatic N) is 5. The number of hydrazone groups is 1. The fourth-order valence-electron chi connectivity index (χ4n) is 2.30. The van der Waals surface area contributed by atoms with Crippen molar-refractivity contribution in [2.45, 2.75) is 12.4 Å². The van der Waals surface area contributed by atoms with Crippen LogP contribution in [0.4, 0.5) is 43.8 Å². The number of alkyl halides is 6. The van der Waals surface area contributed by atoms with Gasteiger partial charge in [-0.1, -0.05) is 11.6 Å². The molecule has 0 saturated heterocycles. The summed E-state index contributed by atoms with van der Waals surface area (Å²) in [6.07, 6.45) is -10.1. The Balaban J connectivity index is 2.02. The number of ketones is 1. The van der Waals surface area contributed by atoms with Crippen LogP contribution >= 0.6 is 11.6 Å². The van der Waals surface area contributed by atoms with Crippen LogP contribution in [0.25, 0.3) is 11.2 Å². The van der Waals surface area contributed by atoms with E-state index in [0.717, 1.165) is 0 Å². The Hall–Kier alpha value is -3.42. The van der Waals surface area contributed by atoms with Crippen molar-refractivity contribution in [3.05, 3.63) is 35.6 Å². The maximum Gasteiger partial charge on any atom is 0.456 e. The van der Waals surface area contributed by atoms with Gasteiger partial charge in [0.2, 0.25) is 11.7 Å². The van der Waals surface area contributed by atoms with E-state index in [4.69, 9.17) is 11.6 Å². The average Bonchev–Trinajstić information content (AvgIpc) is 3.03. The van der Waals surface area contributed by atoms with Crippen LogP contribution in [0.5, 0.6) is 0 Å². The van der Waals surface area contributed by atoms with Gasteiger partial charge in [-0.2, -0.15) is 41.4 Å². The second kappa shape index (κ2) is 8.02. The van der Waals surface area contributed by atoms with Gasteiger partial charge < -0.3 is 9.88 Å². The molecule has 0 bridgehead atoms. The molecular formula is C16H10ClF6N7O. The molecule has 0 fully saturated rings. The highest BCUT2D eigenvalue weighted by Gasteiger charge is 2.52. The van der Waals surface area contributed by atoms with Crippen LogP contribution in [0, 0.1) is 0 Å². The van der Waals surface area contributed by atoms with Crippen LogP contribution in [0.2, 0.25) is 5.02 Å². The summed E-state index contributed by atoms with van der Waals surface area (Å²) in [7, 11) is 1.52. The third kappa shape index (κ3) is 5.02. The van der Waals surface area contributed by atoms with E-state index in [2.05, 4.69) is 25.4 Å². The van der Waals surface area contributed by atoms with Crippen LogP contribution in [0.3, 0.4) is 0 Å². The fourth-order valence-corrected chi connectivity index (χ4v) is 2.42. The van der Waals surface area contributed by atoms with E-state index in [1.165, 1.54) is 17.9 Å². The number of carbonyl (C=O) groups excluding carboxylic acids is 1. The molecule has 0 spiro atoms. The number of fused-ring (bicyclic) bond motifs is 1. The Morgan fingerprint density at radius 2 is 1.71 bits per heavy atom. The van der Waals surface area contributed by atoms with E-state index in [-0.39, 0.29) is 17.0 Å². The maximum absolute atomic E-state index is 12.9. The number of hydrogen-bond donors (Lipinski definition) is 2. The lowest BCUT2D eigenvalue weighted by Crippen LogP contribution is -2.40. The summed E-state index contributed by atoms with van der Waals surface area (Å²) >= 11 is 5.81. The molecule has 164 valence electrons. The number of benzene rings is 1. The monoisotopic (exact) mass is 465 g/mol. The number of rotatable bonds is 5. The predicted molar refractivity (Wildman–Crippen MR) is 99.2 cm³/mol. The number of hydrogen-bond acceptors (Lipinski definition) is 7. The summed E-state index contributed by atoms with van der Waals surface area (Å²) in [6.45, 7) is 0. The zero-order valence-corrected chi connectivity index (χ0v) is 15.9. The summed E-state index contributed by atoms with van der Waals surface area (Å²) in [5, 5.41) is 5.88. The van der Waals surface area contributed by atoms with Crippen molar-refractivity contribution >= 4 is 51.7 Å². The lowest BCUT2D eigenvalue weighted by molar-refractivity contribution is -0.166. The lowest BCUT2D eigenvalue weighted by Gasteiger charge is -2.12. The molecule has 8 nitrogen and oxygen atoms in total. The van der Waals surface area contributed by atoms with Gasteiger partial charge in [0.1, 0.15) is 0 Å². The van der Waals surface area contributed by atoms with Gasteiger partial charge in [-0.25, -0.2) is 10.4 Å². The van der Waals surface area contributed by atoms with Gasteiger partial charge in [-0.05, 0) is 24.3 Å². The summed E-state index contributed by atoms with van der Waals surface area (Å²) < 4.78 is 77.6. The van der Waals surface area contributed by atoms with E-state index in [9.17, 15) is 31.1 Å². The first-order valence-electron chi connectivity index (χ1n) is 8.10. The largest absolute Gasteiger partial charge is 0.456 e. The molecule has 0 aliphatic rings. The minimum atomic E-state index is -5.77. The summed E-state index contributed by atoms with van der Waals surface area (Å²) in [4.78, 5) is 22.9. The molecule has 3 aromatic rings. The van der Waals surface area contributed by atoms with Crippen molar-refractivity contribution in [1.29, 1.82) is 0 Å². The molecule has 2 aromatic heterocycles. The molecule has 0 aliphatic carbocycles. The van der Waals surface area contributed by atoms with E-state index in [1.807, 2.05) is 0 Å². The molecule has 15 heteroatoms. The smallest absolute Gasteiger partial charge is 0.338 e. The van der Waals surface area contributed by atoms with Gasteiger partial charge in [0, 0.05) is 17.8 Å². The van der Waals surface area contributed by atoms with Gasteiger partial charge in [0.15, 0.2) is 17.0 Å². The Kier molecular flexibility index (Phi) is 5.76. The standard InChI is InChI=1S/C16H10ClF6N7O/c1-30-6-24-9-12(25-8-4-2-7(17)3-5-8)26-14(27-13(9)30)29-28-10(15(18,19)20)11(31)16(21,22)23/h2-6H,1H3,(H2,25,26,27,29). The van der Waals surface area contributed by atoms with Crippen LogP contribution in [-0.4, -0.2) is 43.4 Å². The van der Waals surface area contributed by atoms with Gasteiger partial charge >= 0.3 is 12.4 Å². The fraction of sp³-hybridized carbons (Fsp3) is 0.188. The molecule has 0 saturated carbocycles. The first-order valence-corrected chi connectivity index (χ1v) is 8.48. The number of Topliss-reactive ketones (excluding diaryl/α,β-unsaturated/α-hetero) is 1. The number of carbonyl (C=O) groups is 1. The highest BCUT2D eigenvalue weighted by Crippen LogP contribution is 2.27.